The van der Waals surface area contributed by atoms with Crippen molar-refractivity contribution in [2.24, 2.45) is 0 Å². The first-order chi connectivity index (χ1) is 9.69. The van der Waals surface area contributed by atoms with Crippen molar-refractivity contribution in [1.82, 2.24) is 14.9 Å². The third-order valence-corrected chi connectivity index (χ3v) is 3.73. The van der Waals surface area contributed by atoms with E-state index >= 15 is 0 Å². The van der Waals surface area contributed by atoms with Crippen LogP contribution in [0.4, 0.5) is 9.93 Å². The third-order valence-electron chi connectivity index (χ3n) is 2.75. The Labute approximate surface area is 122 Å². The SMILES string of the molecule is CCCc1cnc(NC(=O)N(C)Cc2cccnc2)s1. The molecule has 0 aliphatic rings. The van der Waals surface area contributed by atoms with Gasteiger partial charge in [-0.15, -0.1) is 11.3 Å². The fourth-order valence-electron chi connectivity index (χ4n) is 1.75. The molecule has 1 N–H and O–H groups in total. The van der Waals surface area contributed by atoms with Gasteiger partial charge in [-0.25, -0.2) is 9.78 Å². The molecule has 0 bridgehead atoms. The predicted molar refractivity (Wildman–Crippen MR) is 80.8 cm³/mol. The maximum atomic E-state index is 12.0. The van der Waals surface area contributed by atoms with Crippen LogP contribution in [0.2, 0.25) is 0 Å². The van der Waals surface area contributed by atoms with Crippen molar-refractivity contribution in [3.05, 3.63) is 41.2 Å². The lowest BCUT2D eigenvalue weighted by Gasteiger charge is -2.16. The quantitative estimate of drug-likeness (QED) is 0.920. The number of carbonyl (C=O) groups excluding carboxylic acids is 1. The van der Waals surface area contributed by atoms with E-state index in [4.69, 9.17) is 0 Å². The number of aromatic nitrogens is 2. The Morgan fingerprint density at radius 3 is 3.00 bits per heavy atom. The lowest BCUT2D eigenvalue weighted by atomic mass is 10.3. The lowest BCUT2D eigenvalue weighted by molar-refractivity contribution is 0.220. The van der Waals surface area contributed by atoms with Crippen LogP contribution in [0.15, 0.2) is 30.7 Å². The number of nitrogens with zero attached hydrogens (tertiary/aromatic N) is 3. The van der Waals surface area contributed by atoms with Crippen LogP contribution >= 0.6 is 11.3 Å². The number of hydrogen-bond donors (Lipinski definition) is 1. The molecule has 0 radical (unpaired) electrons. The van der Waals surface area contributed by atoms with Gasteiger partial charge in [0.05, 0.1) is 0 Å². The van der Waals surface area contributed by atoms with Crippen molar-refractivity contribution in [1.29, 1.82) is 0 Å². The van der Waals surface area contributed by atoms with Gasteiger partial charge in [0.25, 0.3) is 0 Å². The zero-order valence-electron chi connectivity index (χ0n) is 11.7. The van der Waals surface area contributed by atoms with Crippen molar-refractivity contribution in [3.8, 4) is 0 Å². The summed E-state index contributed by atoms with van der Waals surface area (Å²) in [4.78, 5) is 23.1. The Bertz CT molecular complexity index is 555. The average molecular weight is 290 g/mol. The second-order valence-corrected chi connectivity index (χ2v) is 5.64. The number of thiazole rings is 1. The molecule has 0 aliphatic carbocycles. The van der Waals surface area contributed by atoms with Crippen LogP contribution < -0.4 is 5.32 Å². The van der Waals surface area contributed by atoms with Crippen molar-refractivity contribution < 1.29 is 4.79 Å². The Kier molecular flexibility index (Phi) is 5.06. The maximum Gasteiger partial charge on any atom is 0.323 e. The van der Waals surface area contributed by atoms with Crippen LogP contribution in [0.5, 0.6) is 0 Å². The minimum absolute atomic E-state index is 0.161. The number of carbonyl (C=O) groups is 1. The van der Waals surface area contributed by atoms with Gasteiger partial charge >= 0.3 is 6.03 Å². The molecule has 5 nitrogen and oxygen atoms in total. The van der Waals surface area contributed by atoms with E-state index in [0.29, 0.717) is 11.7 Å². The number of rotatable bonds is 5. The molecule has 0 aromatic carbocycles. The maximum absolute atomic E-state index is 12.0. The minimum atomic E-state index is -0.161. The van der Waals surface area contributed by atoms with Gasteiger partial charge in [0, 0.05) is 37.1 Å². The summed E-state index contributed by atoms with van der Waals surface area (Å²) in [6.45, 7) is 2.65. The average Bonchev–Trinajstić information content (AvgIpc) is 2.87. The summed E-state index contributed by atoms with van der Waals surface area (Å²) < 4.78 is 0. The van der Waals surface area contributed by atoms with E-state index in [-0.39, 0.29) is 6.03 Å². The van der Waals surface area contributed by atoms with Gasteiger partial charge in [0.1, 0.15) is 0 Å². The van der Waals surface area contributed by atoms with Crippen LogP contribution in [-0.2, 0) is 13.0 Å². The van der Waals surface area contributed by atoms with Gasteiger partial charge in [-0.2, -0.15) is 0 Å². The normalized spacial score (nSPS) is 10.3. The zero-order chi connectivity index (χ0) is 14.4. The molecular formula is C14H18N4OS. The van der Waals surface area contributed by atoms with E-state index in [9.17, 15) is 4.79 Å². The van der Waals surface area contributed by atoms with E-state index in [1.165, 1.54) is 16.2 Å². The summed E-state index contributed by atoms with van der Waals surface area (Å²) in [6, 6.07) is 3.64. The highest BCUT2D eigenvalue weighted by Crippen LogP contribution is 2.19. The van der Waals surface area contributed by atoms with Crippen LogP contribution in [0.1, 0.15) is 23.8 Å². The Morgan fingerprint density at radius 2 is 2.30 bits per heavy atom. The highest BCUT2D eigenvalue weighted by Gasteiger charge is 2.11. The number of amides is 2. The smallest absolute Gasteiger partial charge is 0.323 e. The molecule has 0 spiro atoms. The summed E-state index contributed by atoms with van der Waals surface area (Å²) in [5.41, 5.74) is 0.996. The minimum Gasteiger partial charge on any atom is -0.323 e. The predicted octanol–water partition coefficient (Wildman–Crippen LogP) is 3.15. The molecule has 106 valence electrons. The van der Waals surface area contributed by atoms with E-state index in [1.807, 2.05) is 18.3 Å². The van der Waals surface area contributed by atoms with E-state index in [2.05, 4.69) is 22.2 Å². The van der Waals surface area contributed by atoms with Crippen LogP contribution in [0.3, 0.4) is 0 Å². The standard InChI is InChI=1S/C14H18N4OS/c1-3-5-12-9-16-13(20-12)17-14(19)18(2)10-11-6-4-7-15-8-11/h4,6-9H,3,5,10H2,1-2H3,(H,16,17,19). The van der Waals surface area contributed by atoms with Gasteiger partial charge in [-0.1, -0.05) is 19.4 Å². The Hall–Kier alpha value is -1.95. The van der Waals surface area contributed by atoms with Crippen LogP contribution in [0.25, 0.3) is 0 Å². The van der Waals surface area contributed by atoms with Crippen molar-refractivity contribution in [2.75, 3.05) is 12.4 Å². The van der Waals surface area contributed by atoms with Gasteiger partial charge < -0.3 is 4.90 Å². The molecule has 2 aromatic rings. The molecule has 0 aliphatic heterocycles. The summed E-state index contributed by atoms with van der Waals surface area (Å²) >= 11 is 1.53. The number of pyridine rings is 1. The van der Waals surface area contributed by atoms with E-state index in [1.54, 1.807) is 24.3 Å². The molecular weight excluding hydrogens is 272 g/mol. The monoisotopic (exact) mass is 290 g/mol. The van der Waals surface area contributed by atoms with Gasteiger partial charge in [-0.05, 0) is 18.1 Å². The first-order valence-corrected chi connectivity index (χ1v) is 7.36. The molecule has 20 heavy (non-hydrogen) atoms. The van der Waals surface area contributed by atoms with Crippen molar-refractivity contribution in [3.63, 3.8) is 0 Å². The summed E-state index contributed by atoms with van der Waals surface area (Å²) in [5, 5.41) is 3.46. The topological polar surface area (TPSA) is 58.1 Å². The third kappa shape index (κ3) is 4.03. The molecule has 2 amide bonds. The summed E-state index contributed by atoms with van der Waals surface area (Å²) in [6.07, 6.45) is 7.38. The largest absolute Gasteiger partial charge is 0.323 e. The van der Waals surface area contributed by atoms with Gasteiger partial charge in [0.15, 0.2) is 5.13 Å². The number of nitrogens with one attached hydrogen (secondary N) is 1. The molecule has 0 saturated carbocycles. The number of anilines is 1. The number of hydrogen-bond acceptors (Lipinski definition) is 4. The first kappa shape index (κ1) is 14.5. The second kappa shape index (κ2) is 7.00. The Balaban J connectivity index is 1.90. The highest BCUT2D eigenvalue weighted by molar-refractivity contribution is 7.15. The fraction of sp³-hybridized carbons (Fsp3) is 0.357. The zero-order valence-corrected chi connectivity index (χ0v) is 12.5. The molecule has 2 rings (SSSR count). The second-order valence-electron chi connectivity index (χ2n) is 4.53. The van der Waals surface area contributed by atoms with Crippen molar-refractivity contribution >= 4 is 22.5 Å². The van der Waals surface area contributed by atoms with Gasteiger partial charge in [0.2, 0.25) is 0 Å². The van der Waals surface area contributed by atoms with E-state index in [0.717, 1.165) is 18.4 Å². The molecule has 0 unspecified atom stereocenters. The lowest BCUT2D eigenvalue weighted by Crippen LogP contribution is -2.30. The summed E-state index contributed by atoms with van der Waals surface area (Å²) in [5.74, 6) is 0. The number of aryl methyl sites for hydroxylation is 1. The molecule has 0 fully saturated rings. The molecule has 2 heterocycles. The fourth-order valence-corrected chi connectivity index (χ4v) is 2.66. The first-order valence-electron chi connectivity index (χ1n) is 6.54. The van der Waals surface area contributed by atoms with Gasteiger partial charge in [-0.3, -0.25) is 10.3 Å². The molecule has 2 aromatic heterocycles. The van der Waals surface area contributed by atoms with E-state index < -0.39 is 0 Å². The van der Waals surface area contributed by atoms with Crippen molar-refractivity contribution in [2.45, 2.75) is 26.3 Å². The Morgan fingerprint density at radius 1 is 1.45 bits per heavy atom. The van der Waals surface area contributed by atoms with Crippen LogP contribution in [-0.4, -0.2) is 27.9 Å². The van der Waals surface area contributed by atoms with Crippen LogP contribution in [0, 0.1) is 0 Å². The highest BCUT2D eigenvalue weighted by atomic mass is 32.1. The molecule has 0 saturated heterocycles. The molecule has 6 heteroatoms. The molecule has 0 atom stereocenters. The number of urea groups is 1. The summed E-state index contributed by atoms with van der Waals surface area (Å²) in [7, 11) is 1.75.